The zero-order valence-corrected chi connectivity index (χ0v) is 10.6. The van der Waals surface area contributed by atoms with Crippen molar-refractivity contribution in [3.63, 3.8) is 0 Å². The molecule has 0 atom stereocenters. The predicted octanol–water partition coefficient (Wildman–Crippen LogP) is 1.84. The van der Waals surface area contributed by atoms with E-state index in [0.29, 0.717) is 12.2 Å². The highest BCUT2D eigenvalue weighted by Crippen LogP contribution is 2.16. The minimum atomic E-state index is -0.260. The Kier molecular flexibility index (Phi) is 4.97. The third-order valence-electron chi connectivity index (χ3n) is 2.36. The quantitative estimate of drug-likeness (QED) is 0.834. The number of nitrogens with one attached hydrogen (secondary N) is 1. The van der Waals surface area contributed by atoms with Crippen LogP contribution in [0.1, 0.15) is 12.5 Å². The molecule has 0 radical (unpaired) electrons. The van der Waals surface area contributed by atoms with Gasteiger partial charge in [-0.2, -0.15) is 0 Å². The van der Waals surface area contributed by atoms with Crippen LogP contribution in [0.4, 0.5) is 5.69 Å². The molecular formula is C12H15ClN2O2. The van der Waals surface area contributed by atoms with E-state index in [1.165, 1.54) is 6.92 Å². The van der Waals surface area contributed by atoms with E-state index < -0.39 is 0 Å². The summed E-state index contributed by atoms with van der Waals surface area (Å²) in [7, 11) is 1.71. The van der Waals surface area contributed by atoms with E-state index >= 15 is 0 Å². The number of nitrogens with zero attached hydrogens (tertiary/aromatic N) is 1. The number of alkyl halides is 1. The Balaban J connectivity index is 2.84. The molecule has 0 spiro atoms. The Morgan fingerprint density at radius 3 is 2.59 bits per heavy atom. The first kappa shape index (κ1) is 13.5. The summed E-state index contributed by atoms with van der Waals surface area (Å²) in [6.07, 6.45) is 0. The van der Waals surface area contributed by atoms with Crippen LogP contribution < -0.4 is 5.32 Å². The molecule has 0 saturated heterocycles. The van der Waals surface area contributed by atoms with Crippen LogP contribution in [0.5, 0.6) is 0 Å². The maximum Gasteiger partial charge on any atom is 0.239 e. The van der Waals surface area contributed by atoms with Crippen molar-refractivity contribution < 1.29 is 9.59 Å². The van der Waals surface area contributed by atoms with E-state index in [-0.39, 0.29) is 17.7 Å². The highest BCUT2D eigenvalue weighted by Gasteiger charge is 2.09. The smallest absolute Gasteiger partial charge is 0.239 e. The Morgan fingerprint density at radius 2 is 2.00 bits per heavy atom. The highest BCUT2D eigenvalue weighted by atomic mass is 35.5. The second-order valence-electron chi connectivity index (χ2n) is 3.71. The van der Waals surface area contributed by atoms with Crippen molar-refractivity contribution in [2.75, 3.05) is 18.2 Å². The summed E-state index contributed by atoms with van der Waals surface area (Å²) in [5.74, 6) is -0.371. The van der Waals surface area contributed by atoms with Gasteiger partial charge in [0.05, 0.1) is 0 Å². The van der Waals surface area contributed by atoms with Gasteiger partial charge in [0.15, 0.2) is 0 Å². The first-order valence-corrected chi connectivity index (χ1v) is 5.73. The van der Waals surface area contributed by atoms with Crippen molar-refractivity contribution in [3.8, 4) is 0 Å². The molecule has 4 nitrogen and oxygen atoms in total. The summed E-state index contributed by atoms with van der Waals surface area (Å²) in [4.78, 5) is 24.0. The van der Waals surface area contributed by atoms with Crippen molar-refractivity contribution in [1.82, 2.24) is 4.90 Å². The lowest BCUT2D eigenvalue weighted by Gasteiger charge is -2.17. The lowest BCUT2D eigenvalue weighted by molar-refractivity contribution is -0.128. The fourth-order valence-electron chi connectivity index (χ4n) is 1.33. The zero-order chi connectivity index (χ0) is 12.8. The van der Waals surface area contributed by atoms with Gasteiger partial charge in [0.1, 0.15) is 5.88 Å². The maximum absolute atomic E-state index is 11.2. The van der Waals surface area contributed by atoms with Crippen molar-refractivity contribution in [1.29, 1.82) is 0 Å². The Morgan fingerprint density at radius 1 is 1.35 bits per heavy atom. The zero-order valence-electron chi connectivity index (χ0n) is 9.87. The molecular weight excluding hydrogens is 240 g/mol. The standard InChI is InChI=1S/C12H15ClN2O2/c1-9(16)15(2)8-10-5-3-4-6-11(10)14-12(17)7-13/h3-6H,7-8H2,1-2H3,(H,14,17). The van der Waals surface area contributed by atoms with Crippen LogP contribution in [0, 0.1) is 0 Å². The second-order valence-corrected chi connectivity index (χ2v) is 3.98. The number of hydrogen-bond acceptors (Lipinski definition) is 2. The van der Waals surface area contributed by atoms with Gasteiger partial charge in [0.2, 0.25) is 11.8 Å². The summed E-state index contributed by atoms with van der Waals surface area (Å²) in [5.41, 5.74) is 1.56. The lowest BCUT2D eigenvalue weighted by atomic mass is 10.1. The maximum atomic E-state index is 11.2. The van der Waals surface area contributed by atoms with Gasteiger partial charge in [-0.15, -0.1) is 11.6 Å². The highest BCUT2D eigenvalue weighted by molar-refractivity contribution is 6.29. The van der Waals surface area contributed by atoms with Gasteiger partial charge in [0.25, 0.3) is 0 Å². The number of hydrogen-bond donors (Lipinski definition) is 1. The van der Waals surface area contributed by atoms with Gasteiger partial charge >= 0.3 is 0 Å². The van der Waals surface area contributed by atoms with Crippen LogP contribution in [0.15, 0.2) is 24.3 Å². The third kappa shape index (κ3) is 4.07. The summed E-state index contributed by atoms with van der Waals surface area (Å²) in [6.45, 7) is 1.95. The van der Waals surface area contributed by atoms with Crippen LogP contribution in [0.2, 0.25) is 0 Å². The number of benzene rings is 1. The number of carbonyl (C=O) groups is 2. The average Bonchev–Trinajstić information content (AvgIpc) is 2.31. The van der Waals surface area contributed by atoms with Crippen molar-refractivity contribution in [3.05, 3.63) is 29.8 Å². The normalized spacial score (nSPS) is 9.82. The van der Waals surface area contributed by atoms with Gasteiger partial charge < -0.3 is 10.2 Å². The first-order chi connectivity index (χ1) is 8.04. The van der Waals surface area contributed by atoms with E-state index in [1.807, 2.05) is 18.2 Å². The number of para-hydroxylation sites is 1. The van der Waals surface area contributed by atoms with Crippen molar-refractivity contribution >= 4 is 29.1 Å². The number of carbonyl (C=O) groups excluding carboxylic acids is 2. The topological polar surface area (TPSA) is 49.4 Å². The fourth-order valence-corrected chi connectivity index (χ4v) is 1.40. The molecule has 1 aromatic rings. The fraction of sp³-hybridized carbons (Fsp3) is 0.333. The molecule has 0 fully saturated rings. The summed E-state index contributed by atoms with van der Waals surface area (Å²) >= 11 is 5.43. The van der Waals surface area contributed by atoms with Crippen LogP contribution in [-0.2, 0) is 16.1 Å². The molecule has 0 aliphatic rings. The van der Waals surface area contributed by atoms with E-state index in [9.17, 15) is 9.59 Å². The molecule has 2 amide bonds. The second kappa shape index (κ2) is 6.25. The Bertz CT molecular complexity index is 421. The van der Waals surface area contributed by atoms with E-state index in [1.54, 1.807) is 18.0 Å². The van der Waals surface area contributed by atoms with E-state index in [2.05, 4.69) is 5.32 Å². The summed E-state index contributed by atoms with van der Waals surface area (Å²) in [5, 5.41) is 2.70. The van der Waals surface area contributed by atoms with E-state index in [0.717, 1.165) is 5.56 Å². The summed E-state index contributed by atoms with van der Waals surface area (Å²) in [6, 6.07) is 7.33. The molecule has 17 heavy (non-hydrogen) atoms. The lowest BCUT2D eigenvalue weighted by Crippen LogP contribution is -2.24. The minimum Gasteiger partial charge on any atom is -0.342 e. The molecule has 0 unspecified atom stereocenters. The first-order valence-electron chi connectivity index (χ1n) is 5.20. The van der Waals surface area contributed by atoms with Crippen molar-refractivity contribution in [2.45, 2.75) is 13.5 Å². The average molecular weight is 255 g/mol. The molecule has 0 saturated carbocycles. The monoisotopic (exact) mass is 254 g/mol. The Hall–Kier alpha value is -1.55. The van der Waals surface area contributed by atoms with Gasteiger partial charge in [-0.3, -0.25) is 9.59 Å². The molecule has 0 aliphatic carbocycles. The SMILES string of the molecule is CC(=O)N(C)Cc1ccccc1NC(=O)CCl. The number of amides is 2. The minimum absolute atomic E-state index is 0.0246. The largest absolute Gasteiger partial charge is 0.342 e. The molecule has 0 aliphatic heterocycles. The molecule has 0 aromatic heterocycles. The number of halogens is 1. The van der Waals surface area contributed by atoms with Gasteiger partial charge in [-0.1, -0.05) is 18.2 Å². The predicted molar refractivity (Wildman–Crippen MR) is 67.9 cm³/mol. The van der Waals surface area contributed by atoms with Crippen molar-refractivity contribution in [2.24, 2.45) is 0 Å². The molecule has 0 bridgehead atoms. The number of rotatable bonds is 4. The van der Waals surface area contributed by atoms with Crippen LogP contribution in [-0.4, -0.2) is 29.6 Å². The molecule has 1 rings (SSSR count). The van der Waals surface area contributed by atoms with Gasteiger partial charge in [-0.05, 0) is 11.6 Å². The van der Waals surface area contributed by atoms with Crippen LogP contribution in [0.25, 0.3) is 0 Å². The third-order valence-corrected chi connectivity index (χ3v) is 2.60. The van der Waals surface area contributed by atoms with Crippen LogP contribution in [0.3, 0.4) is 0 Å². The summed E-state index contributed by atoms with van der Waals surface area (Å²) < 4.78 is 0. The van der Waals surface area contributed by atoms with Gasteiger partial charge in [0, 0.05) is 26.2 Å². The molecule has 5 heteroatoms. The number of anilines is 1. The van der Waals surface area contributed by atoms with E-state index in [4.69, 9.17) is 11.6 Å². The van der Waals surface area contributed by atoms with Crippen LogP contribution >= 0.6 is 11.6 Å². The molecule has 1 aromatic carbocycles. The molecule has 0 heterocycles. The molecule has 1 N–H and O–H groups in total. The Labute approximate surface area is 106 Å². The van der Waals surface area contributed by atoms with Gasteiger partial charge in [-0.25, -0.2) is 0 Å². The molecule has 92 valence electrons.